The molecule has 92 valence electrons. The van der Waals surface area contributed by atoms with Crippen molar-refractivity contribution in [3.8, 4) is 11.9 Å². The van der Waals surface area contributed by atoms with Crippen LogP contribution in [0.4, 0.5) is 13.2 Å². The van der Waals surface area contributed by atoms with Crippen molar-refractivity contribution in [3.63, 3.8) is 0 Å². The van der Waals surface area contributed by atoms with E-state index in [2.05, 4.69) is 9.72 Å². The van der Waals surface area contributed by atoms with Crippen molar-refractivity contribution in [1.29, 1.82) is 5.26 Å². The molecule has 0 amide bonds. The van der Waals surface area contributed by atoms with Crippen molar-refractivity contribution < 1.29 is 17.9 Å². The molecule has 4 nitrogen and oxygen atoms in total. The fourth-order valence-electron chi connectivity index (χ4n) is 1.12. The minimum absolute atomic E-state index is 0.0490. The van der Waals surface area contributed by atoms with E-state index in [4.69, 9.17) is 11.0 Å². The molecule has 0 saturated carbocycles. The third-order valence-corrected chi connectivity index (χ3v) is 3.08. The van der Waals surface area contributed by atoms with Gasteiger partial charge in [0.15, 0.2) is 0 Å². The maximum absolute atomic E-state index is 12.0. The molecule has 0 aliphatic carbocycles. The standard InChI is InChI=1S/C9H7F3IN3O/c10-9(11,12)17-7-3-5(4-15)8(13)6(16-7)1-2-14/h3H,1,4,15H2. The van der Waals surface area contributed by atoms with Gasteiger partial charge in [-0.05, 0) is 28.2 Å². The Morgan fingerprint density at radius 2 is 2.18 bits per heavy atom. The van der Waals surface area contributed by atoms with E-state index >= 15 is 0 Å². The molecule has 8 heteroatoms. The minimum atomic E-state index is -4.81. The molecule has 0 unspecified atom stereocenters. The molecular formula is C9H7F3IN3O. The van der Waals surface area contributed by atoms with Gasteiger partial charge in [0.2, 0.25) is 5.88 Å². The molecule has 0 saturated heterocycles. The summed E-state index contributed by atoms with van der Waals surface area (Å²) >= 11 is 1.89. The molecule has 2 N–H and O–H groups in total. The van der Waals surface area contributed by atoms with Gasteiger partial charge < -0.3 is 10.5 Å². The van der Waals surface area contributed by atoms with Crippen LogP contribution in [0.5, 0.6) is 5.88 Å². The van der Waals surface area contributed by atoms with Crippen molar-refractivity contribution in [2.24, 2.45) is 5.73 Å². The smallest absolute Gasteiger partial charge is 0.388 e. The van der Waals surface area contributed by atoms with Crippen molar-refractivity contribution >= 4 is 22.6 Å². The lowest BCUT2D eigenvalue weighted by Gasteiger charge is -2.12. The SMILES string of the molecule is N#CCc1nc(OC(F)(F)F)cc(CN)c1I. The molecule has 0 fully saturated rings. The molecular weight excluding hydrogens is 350 g/mol. The van der Waals surface area contributed by atoms with E-state index in [1.54, 1.807) is 0 Å². The number of hydrogen-bond donors (Lipinski definition) is 1. The predicted molar refractivity (Wildman–Crippen MR) is 60.8 cm³/mol. The van der Waals surface area contributed by atoms with E-state index in [1.165, 1.54) is 0 Å². The molecule has 0 aliphatic heterocycles. The Labute approximate surface area is 109 Å². The highest BCUT2D eigenvalue weighted by Crippen LogP contribution is 2.25. The Balaban J connectivity index is 3.16. The van der Waals surface area contributed by atoms with Gasteiger partial charge in [0.05, 0.1) is 18.2 Å². The van der Waals surface area contributed by atoms with E-state index < -0.39 is 12.2 Å². The minimum Gasteiger partial charge on any atom is -0.388 e. The van der Waals surface area contributed by atoms with Crippen molar-refractivity contribution in [2.45, 2.75) is 19.3 Å². The van der Waals surface area contributed by atoms with Crippen molar-refractivity contribution in [2.75, 3.05) is 0 Å². The second-order valence-corrected chi connectivity index (χ2v) is 4.05. The summed E-state index contributed by atoms with van der Waals surface area (Å²) in [6.07, 6.45) is -4.91. The third-order valence-electron chi connectivity index (χ3n) is 1.76. The highest BCUT2D eigenvalue weighted by Gasteiger charge is 2.32. The Kier molecular flexibility index (Phi) is 4.53. The number of pyridine rings is 1. The average molecular weight is 357 g/mol. The zero-order chi connectivity index (χ0) is 13.1. The van der Waals surface area contributed by atoms with Crippen LogP contribution in [-0.2, 0) is 13.0 Å². The Bertz CT molecular complexity index is 456. The van der Waals surface area contributed by atoms with Crippen LogP contribution in [0.25, 0.3) is 0 Å². The van der Waals surface area contributed by atoms with Crippen LogP contribution in [0.2, 0.25) is 0 Å². The van der Waals surface area contributed by atoms with Crippen molar-refractivity contribution in [1.82, 2.24) is 4.98 Å². The van der Waals surface area contributed by atoms with Crippen LogP contribution in [0.1, 0.15) is 11.3 Å². The molecule has 0 atom stereocenters. The summed E-state index contributed by atoms with van der Waals surface area (Å²) in [6.45, 7) is 0.0490. The number of hydrogen-bond acceptors (Lipinski definition) is 4. The lowest BCUT2D eigenvalue weighted by molar-refractivity contribution is -0.276. The molecule has 1 aromatic rings. The number of nitrogens with zero attached hydrogens (tertiary/aromatic N) is 2. The number of rotatable bonds is 3. The summed E-state index contributed by atoms with van der Waals surface area (Å²) in [6, 6.07) is 2.94. The number of aromatic nitrogens is 1. The third kappa shape index (κ3) is 4.01. The number of nitriles is 1. The number of alkyl halides is 3. The summed E-state index contributed by atoms with van der Waals surface area (Å²) in [5.74, 6) is -0.594. The topological polar surface area (TPSA) is 71.9 Å². The maximum Gasteiger partial charge on any atom is 0.574 e. The fraction of sp³-hybridized carbons (Fsp3) is 0.333. The largest absolute Gasteiger partial charge is 0.574 e. The highest BCUT2D eigenvalue weighted by molar-refractivity contribution is 14.1. The van der Waals surface area contributed by atoms with E-state index in [-0.39, 0.29) is 18.7 Å². The van der Waals surface area contributed by atoms with Gasteiger partial charge in [-0.3, -0.25) is 0 Å². The van der Waals surface area contributed by atoms with E-state index in [0.717, 1.165) is 6.07 Å². The van der Waals surface area contributed by atoms with Gasteiger partial charge in [-0.15, -0.1) is 13.2 Å². The summed E-state index contributed by atoms with van der Waals surface area (Å²) < 4.78 is 40.4. The van der Waals surface area contributed by atoms with E-state index in [9.17, 15) is 13.2 Å². The molecule has 1 aromatic heterocycles. The van der Waals surface area contributed by atoms with Gasteiger partial charge in [0.1, 0.15) is 0 Å². The summed E-state index contributed by atoms with van der Waals surface area (Å²) in [7, 11) is 0. The van der Waals surface area contributed by atoms with Crippen LogP contribution < -0.4 is 10.5 Å². The number of halogens is 4. The fourth-order valence-corrected chi connectivity index (χ4v) is 1.81. The van der Waals surface area contributed by atoms with Gasteiger partial charge in [-0.1, -0.05) is 0 Å². The zero-order valence-electron chi connectivity index (χ0n) is 8.38. The first-order valence-corrected chi connectivity index (χ1v) is 5.46. The van der Waals surface area contributed by atoms with Crippen LogP contribution in [0, 0.1) is 14.9 Å². The maximum atomic E-state index is 12.0. The van der Waals surface area contributed by atoms with Gasteiger partial charge in [-0.2, -0.15) is 5.26 Å². The van der Waals surface area contributed by atoms with Crippen LogP contribution in [0.15, 0.2) is 6.07 Å². The second-order valence-electron chi connectivity index (χ2n) is 2.97. The average Bonchev–Trinajstić information content (AvgIpc) is 2.20. The molecule has 1 rings (SSSR count). The number of nitrogens with two attached hydrogens (primary N) is 1. The quantitative estimate of drug-likeness (QED) is 0.842. The predicted octanol–water partition coefficient (Wildman–Crippen LogP) is 2.11. The van der Waals surface area contributed by atoms with Crippen molar-refractivity contribution in [3.05, 3.63) is 20.9 Å². The Morgan fingerprint density at radius 1 is 1.53 bits per heavy atom. The normalized spacial score (nSPS) is 11.1. The van der Waals surface area contributed by atoms with E-state index in [1.807, 2.05) is 28.7 Å². The van der Waals surface area contributed by atoms with E-state index in [0.29, 0.717) is 9.13 Å². The first-order valence-electron chi connectivity index (χ1n) is 4.38. The molecule has 0 aromatic carbocycles. The van der Waals surface area contributed by atoms with Crippen LogP contribution >= 0.6 is 22.6 Å². The van der Waals surface area contributed by atoms with Gasteiger partial charge in [0.25, 0.3) is 0 Å². The highest BCUT2D eigenvalue weighted by atomic mass is 127. The number of ether oxygens (including phenoxy) is 1. The second kappa shape index (κ2) is 5.50. The lowest BCUT2D eigenvalue weighted by Crippen LogP contribution is -2.19. The van der Waals surface area contributed by atoms with Gasteiger partial charge in [0, 0.05) is 16.2 Å². The zero-order valence-corrected chi connectivity index (χ0v) is 10.5. The molecule has 0 radical (unpaired) electrons. The monoisotopic (exact) mass is 357 g/mol. The first kappa shape index (κ1) is 14.0. The molecule has 17 heavy (non-hydrogen) atoms. The Hall–Kier alpha value is -1.08. The summed E-state index contributed by atoms with van der Waals surface area (Å²) in [5, 5.41) is 8.54. The molecule has 0 aliphatic rings. The van der Waals surface area contributed by atoms with Gasteiger partial charge in [-0.25, -0.2) is 4.98 Å². The summed E-state index contributed by atoms with van der Waals surface area (Å²) in [4.78, 5) is 3.63. The summed E-state index contributed by atoms with van der Waals surface area (Å²) in [5.41, 5.74) is 6.09. The molecule has 1 heterocycles. The molecule has 0 spiro atoms. The Morgan fingerprint density at radius 3 is 2.65 bits per heavy atom. The van der Waals surface area contributed by atoms with Crippen LogP contribution in [-0.4, -0.2) is 11.3 Å². The molecule has 0 bridgehead atoms. The lowest BCUT2D eigenvalue weighted by atomic mass is 10.2. The van der Waals surface area contributed by atoms with Gasteiger partial charge >= 0.3 is 6.36 Å². The first-order chi connectivity index (χ1) is 7.87. The van der Waals surface area contributed by atoms with Crippen LogP contribution in [0.3, 0.4) is 0 Å².